The molecule has 122 valence electrons. The molecule has 3 rings (SSSR count). The molecule has 0 saturated carbocycles. The minimum atomic E-state index is -0.816. The summed E-state index contributed by atoms with van der Waals surface area (Å²) in [6.07, 6.45) is 0.474. The second kappa shape index (κ2) is 6.00. The van der Waals surface area contributed by atoms with Crippen LogP contribution in [0, 0.1) is 5.92 Å². The maximum atomic E-state index is 12.3. The van der Waals surface area contributed by atoms with Crippen molar-refractivity contribution in [2.75, 3.05) is 31.6 Å². The number of amides is 2. The molecule has 2 aliphatic heterocycles. The molecule has 0 aliphatic carbocycles. The molecule has 2 unspecified atom stereocenters. The van der Waals surface area contributed by atoms with E-state index < -0.39 is 11.9 Å². The molecular weight excluding hydrogens is 298 g/mol. The van der Waals surface area contributed by atoms with Gasteiger partial charge in [0.1, 0.15) is 6.54 Å². The molecule has 1 aromatic carbocycles. The Morgan fingerprint density at radius 2 is 1.96 bits per heavy atom. The van der Waals surface area contributed by atoms with Crippen LogP contribution in [0.2, 0.25) is 0 Å². The molecule has 2 heterocycles. The van der Waals surface area contributed by atoms with Crippen molar-refractivity contribution in [3.05, 3.63) is 29.8 Å². The van der Waals surface area contributed by atoms with Crippen LogP contribution >= 0.6 is 0 Å². The first-order valence-electron chi connectivity index (χ1n) is 7.57. The first-order valence-corrected chi connectivity index (χ1v) is 7.57. The quantitative estimate of drug-likeness (QED) is 0.833. The van der Waals surface area contributed by atoms with Crippen molar-refractivity contribution in [3.8, 4) is 0 Å². The van der Waals surface area contributed by atoms with Crippen molar-refractivity contribution in [2.45, 2.75) is 12.5 Å². The minimum absolute atomic E-state index is 0.0153. The van der Waals surface area contributed by atoms with Gasteiger partial charge in [-0.05, 0) is 18.1 Å². The fraction of sp³-hybridized carbons (Fsp3) is 0.438. The van der Waals surface area contributed by atoms with Gasteiger partial charge in [0.25, 0.3) is 0 Å². The van der Waals surface area contributed by atoms with Gasteiger partial charge in [-0.15, -0.1) is 0 Å². The third-order valence-electron chi connectivity index (χ3n) is 4.48. The number of anilines is 1. The zero-order valence-electron chi connectivity index (χ0n) is 12.9. The third kappa shape index (κ3) is 2.92. The first-order chi connectivity index (χ1) is 11.0. The lowest BCUT2D eigenvalue weighted by Crippen LogP contribution is -2.52. The molecule has 0 bridgehead atoms. The topological polar surface area (TPSA) is 90.0 Å². The maximum Gasteiger partial charge on any atom is 0.307 e. The van der Waals surface area contributed by atoms with Crippen LogP contribution in [0.15, 0.2) is 24.3 Å². The van der Waals surface area contributed by atoms with E-state index in [0.29, 0.717) is 18.7 Å². The number of nitrogens with one attached hydrogen (secondary N) is 1. The molecule has 0 aromatic heterocycles. The number of carboxylic acids is 1. The Bertz CT molecular complexity index is 660. The molecular formula is C16H19N3O4. The van der Waals surface area contributed by atoms with Crippen molar-refractivity contribution in [1.29, 1.82) is 0 Å². The molecule has 2 atom stereocenters. The van der Waals surface area contributed by atoms with Crippen molar-refractivity contribution in [3.63, 3.8) is 0 Å². The highest BCUT2D eigenvalue weighted by Gasteiger charge is 2.34. The Morgan fingerprint density at radius 1 is 1.22 bits per heavy atom. The Hall–Kier alpha value is -2.41. The Balaban J connectivity index is 1.88. The number of nitrogens with zero attached hydrogens (tertiary/aromatic N) is 2. The molecule has 2 saturated heterocycles. The van der Waals surface area contributed by atoms with E-state index in [9.17, 15) is 14.4 Å². The fourth-order valence-corrected chi connectivity index (χ4v) is 3.13. The van der Waals surface area contributed by atoms with Crippen LogP contribution < -0.4 is 10.2 Å². The second-order valence-electron chi connectivity index (χ2n) is 6.02. The molecule has 0 radical (unpaired) electrons. The molecule has 2 amide bonds. The minimum Gasteiger partial charge on any atom is -0.481 e. The molecule has 0 spiro atoms. The van der Waals surface area contributed by atoms with E-state index in [2.05, 4.69) is 5.32 Å². The largest absolute Gasteiger partial charge is 0.481 e. The number of aliphatic carboxylic acids is 1. The predicted molar refractivity (Wildman–Crippen MR) is 82.9 cm³/mol. The summed E-state index contributed by atoms with van der Waals surface area (Å²) in [4.78, 5) is 38.3. The number of likely N-dealkylation sites (N-methyl/N-ethyl adjacent to an activating group) is 1. The molecule has 7 nitrogen and oxygen atoms in total. The molecule has 1 aromatic rings. The summed E-state index contributed by atoms with van der Waals surface area (Å²) in [5.74, 6) is -1.49. The molecule has 2 aliphatic rings. The summed E-state index contributed by atoms with van der Waals surface area (Å²) in [5, 5.41) is 12.4. The van der Waals surface area contributed by atoms with Crippen LogP contribution in [0.1, 0.15) is 18.0 Å². The van der Waals surface area contributed by atoms with Gasteiger partial charge in [0, 0.05) is 25.3 Å². The van der Waals surface area contributed by atoms with E-state index >= 15 is 0 Å². The summed E-state index contributed by atoms with van der Waals surface area (Å²) < 4.78 is 0. The van der Waals surface area contributed by atoms with Crippen molar-refractivity contribution >= 4 is 23.5 Å². The highest BCUT2D eigenvalue weighted by Crippen LogP contribution is 2.34. The normalized spacial score (nSPS) is 25.1. The average molecular weight is 317 g/mol. The van der Waals surface area contributed by atoms with Gasteiger partial charge in [-0.25, -0.2) is 0 Å². The van der Waals surface area contributed by atoms with Crippen LogP contribution in [-0.4, -0.2) is 54.5 Å². The van der Waals surface area contributed by atoms with Gasteiger partial charge in [0.05, 0.1) is 12.5 Å². The molecule has 2 fully saturated rings. The summed E-state index contributed by atoms with van der Waals surface area (Å²) in [6.45, 7) is 0.481. The van der Waals surface area contributed by atoms with E-state index in [1.54, 1.807) is 7.05 Å². The van der Waals surface area contributed by atoms with Gasteiger partial charge in [0.2, 0.25) is 11.8 Å². The smallest absolute Gasteiger partial charge is 0.307 e. The van der Waals surface area contributed by atoms with E-state index in [-0.39, 0.29) is 30.9 Å². The molecule has 2 N–H and O–H groups in total. The fourth-order valence-electron chi connectivity index (χ4n) is 3.13. The Morgan fingerprint density at radius 3 is 2.65 bits per heavy atom. The molecule has 23 heavy (non-hydrogen) atoms. The lowest BCUT2D eigenvalue weighted by atomic mass is 9.98. The second-order valence-corrected chi connectivity index (χ2v) is 6.02. The summed E-state index contributed by atoms with van der Waals surface area (Å²) >= 11 is 0. The summed E-state index contributed by atoms with van der Waals surface area (Å²) in [5.41, 5.74) is 1.55. The van der Waals surface area contributed by atoms with Crippen LogP contribution in [0.3, 0.4) is 0 Å². The predicted octanol–water partition coefficient (Wildman–Crippen LogP) is 0.227. The number of para-hydroxylation sites is 1. The van der Waals surface area contributed by atoms with Crippen LogP contribution in [0.5, 0.6) is 0 Å². The van der Waals surface area contributed by atoms with Crippen molar-refractivity contribution in [1.82, 2.24) is 10.2 Å². The number of piperazine rings is 1. The van der Waals surface area contributed by atoms with Crippen LogP contribution in [0.4, 0.5) is 5.69 Å². The van der Waals surface area contributed by atoms with E-state index in [1.807, 2.05) is 24.3 Å². The number of hydrogen-bond acceptors (Lipinski definition) is 4. The zero-order valence-corrected chi connectivity index (χ0v) is 12.9. The van der Waals surface area contributed by atoms with E-state index in [4.69, 9.17) is 5.11 Å². The van der Waals surface area contributed by atoms with Gasteiger partial charge in [-0.1, -0.05) is 18.2 Å². The van der Waals surface area contributed by atoms with Crippen LogP contribution in [-0.2, 0) is 14.4 Å². The van der Waals surface area contributed by atoms with Gasteiger partial charge in [0.15, 0.2) is 0 Å². The lowest BCUT2D eigenvalue weighted by molar-refractivity contribution is -0.141. The highest BCUT2D eigenvalue weighted by molar-refractivity contribution is 6.04. The number of benzene rings is 1. The summed E-state index contributed by atoms with van der Waals surface area (Å²) in [6, 6.07) is 7.24. The lowest BCUT2D eigenvalue weighted by Gasteiger charge is -2.33. The van der Waals surface area contributed by atoms with E-state index in [0.717, 1.165) is 5.56 Å². The van der Waals surface area contributed by atoms with E-state index in [1.165, 1.54) is 9.80 Å². The number of hydrogen-bond donors (Lipinski definition) is 2. The Labute approximate surface area is 133 Å². The van der Waals surface area contributed by atoms with Gasteiger partial charge < -0.3 is 20.2 Å². The third-order valence-corrected chi connectivity index (χ3v) is 4.48. The highest BCUT2D eigenvalue weighted by atomic mass is 16.4. The summed E-state index contributed by atoms with van der Waals surface area (Å²) in [7, 11) is 1.61. The maximum absolute atomic E-state index is 12.3. The molecule has 7 heteroatoms. The van der Waals surface area contributed by atoms with Gasteiger partial charge in [-0.2, -0.15) is 0 Å². The van der Waals surface area contributed by atoms with Gasteiger partial charge in [-0.3, -0.25) is 14.4 Å². The number of carbonyl (C=O) groups is 3. The number of carbonyl (C=O) groups excluding carboxylic acids is 2. The standard InChI is InChI=1S/C16H19N3O4/c1-18-8-15(21)19(9-14(18)20)13-5-3-2-4-11(13)12-6-10(7-17-12)16(22)23/h2-5,10,12,17H,6-9H2,1H3,(H,22,23). The first kappa shape index (κ1) is 15.5. The monoisotopic (exact) mass is 317 g/mol. The number of rotatable bonds is 3. The van der Waals surface area contributed by atoms with Crippen molar-refractivity contribution < 1.29 is 19.5 Å². The number of carboxylic acid groups (broad SMARTS) is 1. The zero-order chi connectivity index (χ0) is 16.6. The van der Waals surface area contributed by atoms with Crippen LogP contribution in [0.25, 0.3) is 0 Å². The SMILES string of the molecule is CN1CC(=O)N(c2ccccc2C2CC(C(=O)O)CN2)CC1=O. The Kier molecular flexibility index (Phi) is 4.04. The average Bonchev–Trinajstić information content (AvgIpc) is 3.01. The van der Waals surface area contributed by atoms with Crippen molar-refractivity contribution in [2.24, 2.45) is 5.92 Å². The van der Waals surface area contributed by atoms with Gasteiger partial charge >= 0.3 is 5.97 Å².